The van der Waals surface area contributed by atoms with Crippen LogP contribution in [0.25, 0.3) is 0 Å². The van der Waals surface area contributed by atoms with Gasteiger partial charge >= 0.3 is 5.97 Å². The minimum atomic E-state index is -0.892. The smallest absolute Gasteiger partial charge is 0.310 e. The van der Waals surface area contributed by atoms with Crippen LogP contribution in [0.2, 0.25) is 5.02 Å². The van der Waals surface area contributed by atoms with Crippen molar-refractivity contribution in [3.8, 4) is 0 Å². The van der Waals surface area contributed by atoms with Gasteiger partial charge in [0, 0.05) is 23.6 Å². The van der Waals surface area contributed by atoms with Crippen molar-refractivity contribution in [1.29, 1.82) is 0 Å². The molecule has 1 N–H and O–H groups in total. The third-order valence-electron chi connectivity index (χ3n) is 2.81. The molecule has 1 aromatic heterocycles. The summed E-state index contributed by atoms with van der Waals surface area (Å²) < 4.78 is 1.91. The molecule has 0 radical (unpaired) electrons. The second kappa shape index (κ2) is 5.59. The van der Waals surface area contributed by atoms with E-state index in [9.17, 15) is 4.79 Å². The lowest BCUT2D eigenvalue weighted by Crippen LogP contribution is -2.09. The maximum atomic E-state index is 11.0. The fourth-order valence-electron chi connectivity index (χ4n) is 1.61. The van der Waals surface area contributed by atoms with Crippen LogP contribution < -0.4 is 4.80 Å². The van der Waals surface area contributed by atoms with Crippen molar-refractivity contribution in [3.63, 3.8) is 0 Å². The van der Waals surface area contributed by atoms with Crippen LogP contribution in [-0.2, 0) is 11.8 Å². The van der Waals surface area contributed by atoms with Crippen molar-refractivity contribution in [3.05, 3.63) is 45.2 Å². The van der Waals surface area contributed by atoms with Crippen LogP contribution in [0.5, 0.6) is 0 Å². The summed E-state index contributed by atoms with van der Waals surface area (Å²) in [5.74, 6) is -1.52. The van der Waals surface area contributed by atoms with Gasteiger partial charge in [-0.25, -0.2) is 4.99 Å². The van der Waals surface area contributed by atoms with Gasteiger partial charge in [-0.05, 0) is 24.6 Å². The molecule has 0 spiro atoms. The Morgan fingerprint density at radius 3 is 2.79 bits per heavy atom. The molecule has 0 fully saturated rings. The summed E-state index contributed by atoms with van der Waals surface area (Å²) in [6.07, 6.45) is 1.92. The second-order valence-corrected chi connectivity index (χ2v) is 5.45. The Morgan fingerprint density at radius 1 is 1.53 bits per heavy atom. The number of aliphatic carboxylic acids is 1. The number of hydrogen-bond acceptors (Lipinski definition) is 3. The van der Waals surface area contributed by atoms with Crippen LogP contribution in [0.1, 0.15) is 18.4 Å². The van der Waals surface area contributed by atoms with Gasteiger partial charge in [0.15, 0.2) is 4.80 Å². The lowest BCUT2D eigenvalue weighted by atomic mass is 10.0. The molecular weight excluding hydrogens is 284 g/mol. The predicted octanol–water partition coefficient (Wildman–Crippen LogP) is 3.16. The number of halogens is 1. The molecule has 0 saturated heterocycles. The number of aryl methyl sites for hydroxylation is 1. The molecule has 1 aromatic carbocycles. The maximum absolute atomic E-state index is 11.0. The van der Waals surface area contributed by atoms with E-state index in [0.717, 1.165) is 4.80 Å². The van der Waals surface area contributed by atoms with Crippen LogP contribution in [-0.4, -0.2) is 15.6 Å². The molecule has 1 heterocycles. The van der Waals surface area contributed by atoms with E-state index in [1.165, 1.54) is 11.3 Å². The van der Waals surface area contributed by atoms with E-state index >= 15 is 0 Å². The molecule has 2 aromatic rings. The monoisotopic (exact) mass is 296 g/mol. The summed E-state index contributed by atoms with van der Waals surface area (Å²) in [6.45, 7) is 1.61. The lowest BCUT2D eigenvalue weighted by molar-refractivity contribution is -0.138. The van der Waals surface area contributed by atoms with E-state index in [2.05, 4.69) is 4.99 Å². The Kier molecular flexibility index (Phi) is 4.07. The van der Waals surface area contributed by atoms with Crippen LogP contribution in [0, 0.1) is 0 Å². The quantitative estimate of drug-likeness (QED) is 0.946. The molecule has 1 atom stereocenters. The molecule has 2 rings (SSSR count). The average molecular weight is 297 g/mol. The third-order valence-corrected chi connectivity index (χ3v) is 3.98. The van der Waals surface area contributed by atoms with Gasteiger partial charge in [-0.2, -0.15) is 0 Å². The number of nitrogens with zero attached hydrogens (tertiary/aromatic N) is 2. The highest BCUT2D eigenvalue weighted by atomic mass is 35.5. The standard InChI is InChI=1S/C13H13ClN2O2S/c1-8(12(17)18)10-4-3-9(7-11(10)14)15-13-16(2)5-6-19-13/h3-8H,1-2H3,(H,17,18)/b15-13-. The first-order chi connectivity index (χ1) is 8.99. The van der Waals surface area contributed by atoms with Gasteiger partial charge in [0.05, 0.1) is 11.6 Å². The molecule has 0 saturated carbocycles. The van der Waals surface area contributed by atoms with E-state index < -0.39 is 11.9 Å². The third kappa shape index (κ3) is 3.05. The van der Waals surface area contributed by atoms with Crippen molar-refractivity contribution in [2.45, 2.75) is 12.8 Å². The molecular formula is C13H13ClN2O2S. The molecule has 0 aliphatic carbocycles. The fraction of sp³-hybridized carbons (Fsp3) is 0.231. The summed E-state index contributed by atoms with van der Waals surface area (Å²) in [5.41, 5.74) is 1.31. The highest BCUT2D eigenvalue weighted by Gasteiger charge is 2.16. The number of carboxylic acid groups (broad SMARTS) is 1. The number of thiazole rings is 1. The SMILES string of the molecule is CC(C(=O)O)c1ccc(/N=c2\sccn2C)cc1Cl. The van der Waals surface area contributed by atoms with Crippen molar-refractivity contribution in [1.82, 2.24) is 4.57 Å². The molecule has 100 valence electrons. The van der Waals surface area contributed by atoms with Crippen molar-refractivity contribution in [2.75, 3.05) is 0 Å². The van der Waals surface area contributed by atoms with E-state index in [1.54, 1.807) is 25.1 Å². The highest BCUT2D eigenvalue weighted by molar-refractivity contribution is 7.07. The van der Waals surface area contributed by atoms with Crippen molar-refractivity contribution in [2.24, 2.45) is 12.0 Å². The van der Waals surface area contributed by atoms with E-state index in [1.807, 2.05) is 23.2 Å². The fourth-order valence-corrected chi connectivity index (χ4v) is 2.70. The first-order valence-corrected chi connectivity index (χ1v) is 6.92. The summed E-state index contributed by atoms with van der Waals surface area (Å²) in [7, 11) is 1.91. The zero-order valence-corrected chi connectivity index (χ0v) is 12.1. The zero-order valence-electron chi connectivity index (χ0n) is 10.5. The van der Waals surface area contributed by atoms with Crippen molar-refractivity contribution < 1.29 is 9.90 Å². The van der Waals surface area contributed by atoms with Gasteiger partial charge in [-0.3, -0.25) is 4.79 Å². The molecule has 0 aliphatic heterocycles. The Bertz CT molecular complexity index is 675. The Morgan fingerprint density at radius 2 is 2.26 bits per heavy atom. The zero-order chi connectivity index (χ0) is 14.0. The number of carbonyl (C=O) groups is 1. The Hall–Kier alpha value is -1.59. The molecule has 0 bridgehead atoms. The molecule has 19 heavy (non-hydrogen) atoms. The minimum absolute atomic E-state index is 0.426. The Balaban J connectivity index is 2.40. The minimum Gasteiger partial charge on any atom is -0.481 e. The summed E-state index contributed by atoms with van der Waals surface area (Å²) in [5, 5.41) is 11.4. The number of benzene rings is 1. The maximum Gasteiger partial charge on any atom is 0.310 e. The largest absolute Gasteiger partial charge is 0.481 e. The number of hydrogen-bond donors (Lipinski definition) is 1. The highest BCUT2D eigenvalue weighted by Crippen LogP contribution is 2.28. The molecule has 6 heteroatoms. The van der Waals surface area contributed by atoms with Gasteiger partial charge in [-0.1, -0.05) is 17.7 Å². The van der Waals surface area contributed by atoms with Crippen LogP contribution in [0.3, 0.4) is 0 Å². The second-order valence-electron chi connectivity index (χ2n) is 4.17. The van der Waals surface area contributed by atoms with Gasteiger partial charge in [0.2, 0.25) is 0 Å². The van der Waals surface area contributed by atoms with Gasteiger partial charge in [0.1, 0.15) is 0 Å². The number of rotatable bonds is 3. The van der Waals surface area contributed by atoms with Crippen LogP contribution >= 0.6 is 22.9 Å². The summed E-state index contributed by atoms with van der Waals surface area (Å²) in [6, 6.07) is 5.18. The predicted molar refractivity (Wildman–Crippen MR) is 76.0 cm³/mol. The first-order valence-electron chi connectivity index (χ1n) is 5.66. The molecule has 0 aliphatic rings. The summed E-state index contributed by atoms with van der Waals surface area (Å²) >= 11 is 7.65. The average Bonchev–Trinajstić information content (AvgIpc) is 2.74. The van der Waals surface area contributed by atoms with Gasteiger partial charge < -0.3 is 9.67 Å². The van der Waals surface area contributed by atoms with Gasteiger partial charge in [-0.15, -0.1) is 11.3 Å². The summed E-state index contributed by atoms with van der Waals surface area (Å²) in [4.78, 5) is 16.3. The molecule has 1 unspecified atom stereocenters. The van der Waals surface area contributed by atoms with E-state index in [4.69, 9.17) is 16.7 Å². The normalized spacial score (nSPS) is 13.5. The first kappa shape index (κ1) is 13.8. The van der Waals surface area contributed by atoms with Gasteiger partial charge in [0.25, 0.3) is 0 Å². The number of aromatic nitrogens is 1. The molecule has 0 amide bonds. The Labute approximate surface area is 119 Å². The van der Waals surface area contributed by atoms with Crippen LogP contribution in [0.4, 0.5) is 5.69 Å². The topological polar surface area (TPSA) is 54.6 Å². The van der Waals surface area contributed by atoms with Crippen LogP contribution in [0.15, 0.2) is 34.8 Å². The van der Waals surface area contributed by atoms with E-state index in [0.29, 0.717) is 16.3 Å². The van der Waals surface area contributed by atoms with E-state index in [-0.39, 0.29) is 0 Å². The molecule has 4 nitrogen and oxygen atoms in total. The lowest BCUT2D eigenvalue weighted by Gasteiger charge is -2.09. The van der Waals surface area contributed by atoms with Crippen molar-refractivity contribution >= 4 is 34.6 Å². The number of carboxylic acids is 1.